The number of hydrogen-bond acceptors (Lipinski definition) is 2. The molecule has 24 heteroatoms. The first-order valence-electron chi connectivity index (χ1n) is 24.4. The minimum absolute atomic E-state index is 0.902. The Morgan fingerprint density at radius 1 is 0.333 bits per heavy atom. The van der Waals surface area contributed by atoms with Crippen molar-refractivity contribution in [3.05, 3.63) is 224 Å². The van der Waals surface area contributed by atoms with Gasteiger partial charge in [-0.05, 0) is 98.9 Å². The van der Waals surface area contributed by atoms with E-state index in [1.54, 1.807) is 0 Å². The molecule has 0 amide bonds. The predicted octanol–water partition coefficient (Wildman–Crippen LogP) is 11.6. The molecule has 0 aromatic heterocycles. The summed E-state index contributed by atoms with van der Waals surface area (Å²) in [4.78, 5) is 8.33. The van der Waals surface area contributed by atoms with E-state index >= 15 is 35.1 Å². The Labute approximate surface area is 448 Å². The van der Waals surface area contributed by atoms with Crippen LogP contribution < -0.4 is 36.6 Å². The van der Waals surface area contributed by atoms with Crippen molar-refractivity contribution in [3.8, 4) is 0 Å². The van der Waals surface area contributed by atoms with E-state index < -0.39 is 144 Å². The van der Waals surface area contributed by atoms with E-state index in [4.69, 9.17) is 0 Å². The molecular formula is C57H40BF20N3. The van der Waals surface area contributed by atoms with E-state index in [1.807, 2.05) is 0 Å². The molecule has 0 heterocycles. The fraction of sp³-hybridized carbons (Fsp3) is 0.175. The molecular weight excluding hydrogens is 1120 g/mol. The first kappa shape index (κ1) is 60.6. The van der Waals surface area contributed by atoms with Crippen LogP contribution in [0.4, 0.5) is 99.2 Å². The van der Waals surface area contributed by atoms with Gasteiger partial charge in [-0.15, -0.1) is 21.9 Å². The highest BCUT2D eigenvalue weighted by atomic mass is 19.2. The third-order valence-corrected chi connectivity index (χ3v) is 13.8. The second-order valence-electron chi connectivity index (χ2n) is 17.9. The number of allylic oxidation sites excluding steroid dienone is 3. The van der Waals surface area contributed by atoms with E-state index in [-0.39, 0.29) is 0 Å². The zero-order valence-electron chi connectivity index (χ0n) is 42.6. The molecule has 7 aromatic carbocycles. The summed E-state index contributed by atoms with van der Waals surface area (Å²) in [5, 5.41) is 0. The van der Waals surface area contributed by atoms with Crippen LogP contribution in [0.5, 0.6) is 0 Å². The van der Waals surface area contributed by atoms with Crippen LogP contribution in [0.25, 0.3) is 11.1 Å². The highest BCUT2D eigenvalue weighted by Gasteiger charge is 2.52. The third kappa shape index (κ3) is 10.1. The molecule has 1 N–H and O–H groups in total. The normalized spacial score (nSPS) is 12.7. The molecule has 0 bridgehead atoms. The Kier molecular flexibility index (Phi) is 17.9. The number of fused-ring (bicyclic) bond motifs is 1. The van der Waals surface area contributed by atoms with Gasteiger partial charge in [0.15, 0.2) is 69.8 Å². The summed E-state index contributed by atoms with van der Waals surface area (Å²) in [6.45, 7) is 15.9. The van der Waals surface area contributed by atoms with Crippen molar-refractivity contribution < 1.29 is 92.8 Å². The summed E-state index contributed by atoms with van der Waals surface area (Å²) >= 11 is 0. The number of anilines is 2. The van der Waals surface area contributed by atoms with Gasteiger partial charge >= 0.3 is 0 Å². The summed E-state index contributed by atoms with van der Waals surface area (Å²) in [5.41, 5.74) is -3.07. The number of benzene rings is 7. The number of nitrogens with zero attached hydrogens (tertiary/aromatic N) is 2. The van der Waals surface area contributed by atoms with Crippen molar-refractivity contribution in [1.29, 1.82) is 0 Å². The second-order valence-corrected chi connectivity index (χ2v) is 17.9. The van der Waals surface area contributed by atoms with Crippen molar-refractivity contribution in [3.63, 3.8) is 0 Å². The van der Waals surface area contributed by atoms with Crippen LogP contribution >= 0.6 is 0 Å². The van der Waals surface area contributed by atoms with Gasteiger partial charge in [-0.2, -0.15) is 0 Å². The summed E-state index contributed by atoms with van der Waals surface area (Å²) in [6, 6.07) is 27.0. The molecule has 0 unspecified atom stereocenters. The number of hydrogen-bond donors (Lipinski definition) is 1. The van der Waals surface area contributed by atoms with Gasteiger partial charge in [0.1, 0.15) is 59.2 Å². The molecule has 0 aliphatic heterocycles. The smallest absolute Gasteiger partial charge is 0.206 e. The summed E-state index contributed by atoms with van der Waals surface area (Å²) in [6.07, 6.45) is -2.70. The van der Waals surface area contributed by atoms with Gasteiger partial charge in [-0.3, -0.25) is 0 Å². The molecule has 7 aromatic rings. The monoisotopic (exact) mass is 1160 g/mol. The average Bonchev–Trinajstić information content (AvgIpc) is 1.76. The van der Waals surface area contributed by atoms with E-state index in [0.29, 0.717) is 0 Å². The molecule has 8 rings (SSSR count). The summed E-state index contributed by atoms with van der Waals surface area (Å²) < 4.78 is 294. The summed E-state index contributed by atoms with van der Waals surface area (Å²) in [7, 11) is 0. The number of rotatable bonds is 13. The van der Waals surface area contributed by atoms with Crippen LogP contribution in [0.3, 0.4) is 0 Å². The minimum atomic E-state index is -7.22. The minimum Gasteiger partial charge on any atom is -0.372 e. The van der Waals surface area contributed by atoms with Crippen molar-refractivity contribution in [2.45, 2.75) is 34.6 Å². The average molecular weight is 1160 g/mol. The predicted molar refractivity (Wildman–Crippen MR) is 266 cm³/mol. The lowest BCUT2D eigenvalue weighted by molar-refractivity contribution is -0.450. The van der Waals surface area contributed by atoms with Gasteiger partial charge in [0.2, 0.25) is 5.71 Å². The van der Waals surface area contributed by atoms with Crippen molar-refractivity contribution >= 4 is 56.2 Å². The second kappa shape index (κ2) is 24.0. The van der Waals surface area contributed by atoms with Gasteiger partial charge in [-0.25, -0.2) is 92.8 Å². The van der Waals surface area contributed by atoms with Crippen LogP contribution in [-0.4, -0.2) is 44.6 Å². The molecule has 426 valence electrons. The molecule has 0 atom stereocenters. The van der Waals surface area contributed by atoms with Crippen LogP contribution in [0.2, 0.25) is 0 Å². The highest BCUT2D eigenvalue weighted by molar-refractivity contribution is 7.20. The lowest BCUT2D eigenvalue weighted by Gasteiger charge is -2.44. The van der Waals surface area contributed by atoms with Crippen LogP contribution in [0.1, 0.15) is 56.9 Å². The molecule has 3 nitrogen and oxygen atoms in total. The number of nitrogens with one attached hydrogen (secondary N) is 1. The molecule has 0 spiro atoms. The van der Waals surface area contributed by atoms with Crippen LogP contribution in [0, 0.1) is 116 Å². The van der Waals surface area contributed by atoms with Gasteiger partial charge in [0, 0.05) is 43.6 Å². The maximum atomic E-state index is 15.4. The quantitative estimate of drug-likeness (QED) is 0.0537. The Morgan fingerprint density at radius 2 is 0.593 bits per heavy atom. The lowest BCUT2D eigenvalue weighted by atomic mass is 9.12. The Hall–Kier alpha value is -8.05. The topological polar surface area (TPSA) is 20.5 Å². The van der Waals surface area contributed by atoms with Crippen molar-refractivity contribution in [1.82, 2.24) is 0 Å². The van der Waals surface area contributed by atoms with Crippen LogP contribution in [-0.2, 0) is 0 Å². The summed E-state index contributed by atoms with van der Waals surface area (Å²) in [5.74, 6) is -71.4. The standard InChI is InChI=1S/C33H39N3.C24BF20/c1-6-34-32-24-23-31(29-13-11-12-14-30(29)32)33(25-15-19-27(20-16-25)35(7-2)8-3)26-17-21-28(22-18-26)36(9-4)10-5;26-5-1(6(27)14(35)21(42)13(5)34)25(2-7(28)15(36)22(43)16(37)8(2)29,3-9(30)17(38)23(44)18(39)10(3)31)4-11(32)19(40)24(45)20(41)12(4)33/h11-24H,6-10H2,1-5H3;/q;-1/p+1. The maximum Gasteiger partial charge on any atom is 0.206 e. The fourth-order valence-corrected chi connectivity index (χ4v) is 10.1. The molecule has 0 saturated heterocycles. The first-order valence-corrected chi connectivity index (χ1v) is 24.4. The van der Waals surface area contributed by atoms with Crippen molar-refractivity contribution in [2.24, 2.45) is 0 Å². The Balaban J connectivity index is 0.000000239. The molecule has 1 aliphatic carbocycles. The highest BCUT2D eigenvalue weighted by Crippen LogP contribution is 2.38. The van der Waals surface area contributed by atoms with E-state index in [9.17, 15) is 52.7 Å². The van der Waals surface area contributed by atoms with Gasteiger partial charge < -0.3 is 9.80 Å². The molecule has 0 radical (unpaired) electrons. The largest absolute Gasteiger partial charge is 0.372 e. The molecule has 0 saturated carbocycles. The van der Waals surface area contributed by atoms with Crippen molar-refractivity contribution in [2.75, 3.05) is 42.5 Å². The van der Waals surface area contributed by atoms with Crippen LogP contribution in [0.15, 0.2) is 84.9 Å². The molecule has 1 aliphatic rings. The number of halogens is 20. The van der Waals surface area contributed by atoms with E-state index in [1.165, 1.54) is 50.5 Å². The van der Waals surface area contributed by atoms with Gasteiger partial charge in [0.25, 0.3) is 0 Å². The van der Waals surface area contributed by atoms with Gasteiger partial charge in [-0.1, -0.05) is 42.5 Å². The fourth-order valence-electron chi connectivity index (χ4n) is 10.1. The first-order chi connectivity index (χ1) is 38.3. The zero-order chi connectivity index (χ0) is 59.8. The maximum absolute atomic E-state index is 15.4. The van der Waals surface area contributed by atoms with E-state index in [0.717, 1.165) is 32.7 Å². The Morgan fingerprint density at radius 3 is 0.852 bits per heavy atom. The lowest BCUT2D eigenvalue weighted by Crippen LogP contribution is -2.81. The van der Waals surface area contributed by atoms with Gasteiger partial charge in [0.05, 0.1) is 5.56 Å². The molecule has 81 heavy (non-hydrogen) atoms. The third-order valence-electron chi connectivity index (χ3n) is 13.8. The SMILES string of the molecule is CC[NH+]=C1C=CC(=C(c2ccc(N(CC)CC)cc2)c2ccc(N(CC)CC)cc2)c2ccccc21.Fc1c(F)c(F)c([B-](c2c(F)c(F)c(F)c(F)c2F)(c2c(F)c(F)c(F)c(F)c2F)c2c(F)c(F)c(F)c(F)c2F)c(F)c1F. The Bertz CT molecular complexity index is 3250. The zero-order valence-corrected chi connectivity index (χ0v) is 42.6. The molecule has 0 fully saturated rings. The van der Waals surface area contributed by atoms with E-state index in [2.05, 4.69) is 134 Å².